The second-order valence-corrected chi connectivity index (χ2v) is 7.38. The molecule has 2 nitrogen and oxygen atoms in total. The molecule has 0 amide bonds. The maximum atomic E-state index is 13.0. The SMILES string of the molecule is CCC1SC(N2CCCCC2)=C(c2cccc(C(F)(F)F)c2)C1=O. The Kier molecular flexibility index (Phi) is 4.95. The van der Waals surface area contributed by atoms with Crippen molar-refractivity contribution in [1.82, 2.24) is 4.90 Å². The average molecular weight is 355 g/mol. The number of benzene rings is 1. The standard InChI is InChI=1S/C18H20F3NOS/c1-2-14-16(23)15(17(24-14)22-9-4-3-5-10-22)12-7-6-8-13(11-12)18(19,20)21/h6-8,11,14H,2-5,9-10H2,1H3. The van der Waals surface area contributed by atoms with Crippen LogP contribution in [0.4, 0.5) is 13.2 Å². The maximum Gasteiger partial charge on any atom is 0.416 e. The fourth-order valence-electron chi connectivity index (χ4n) is 3.23. The number of likely N-dealkylation sites (tertiary alicyclic amines) is 1. The van der Waals surface area contributed by atoms with Crippen molar-refractivity contribution in [2.24, 2.45) is 0 Å². The molecule has 1 saturated heterocycles. The minimum absolute atomic E-state index is 0.0394. The summed E-state index contributed by atoms with van der Waals surface area (Å²) < 4.78 is 39.1. The van der Waals surface area contributed by atoms with Gasteiger partial charge < -0.3 is 4.90 Å². The van der Waals surface area contributed by atoms with Crippen molar-refractivity contribution in [2.75, 3.05) is 13.1 Å². The molecule has 0 saturated carbocycles. The van der Waals surface area contributed by atoms with Crippen LogP contribution in [-0.2, 0) is 11.0 Å². The molecule has 1 aromatic carbocycles. The third-order valence-corrected chi connectivity index (χ3v) is 6.02. The number of carbonyl (C=O) groups excluding carboxylic acids is 1. The van der Waals surface area contributed by atoms with Gasteiger partial charge in [-0.1, -0.05) is 30.8 Å². The Morgan fingerprint density at radius 3 is 2.54 bits per heavy atom. The molecule has 1 atom stereocenters. The average Bonchev–Trinajstić information content (AvgIpc) is 2.91. The van der Waals surface area contributed by atoms with Gasteiger partial charge in [-0.15, -0.1) is 0 Å². The molecule has 1 fully saturated rings. The molecule has 1 aromatic rings. The monoisotopic (exact) mass is 355 g/mol. The number of hydrogen-bond donors (Lipinski definition) is 0. The molecule has 0 radical (unpaired) electrons. The van der Waals surface area contributed by atoms with E-state index in [0.29, 0.717) is 17.6 Å². The topological polar surface area (TPSA) is 20.3 Å². The predicted octanol–water partition coefficient (Wildman–Crippen LogP) is 4.95. The summed E-state index contributed by atoms with van der Waals surface area (Å²) in [5, 5.41) is 0.678. The van der Waals surface area contributed by atoms with E-state index in [1.165, 1.54) is 24.2 Å². The molecule has 0 aromatic heterocycles. The molecular weight excluding hydrogens is 335 g/mol. The Morgan fingerprint density at radius 1 is 1.21 bits per heavy atom. The van der Waals surface area contributed by atoms with Gasteiger partial charge in [0.25, 0.3) is 0 Å². The quantitative estimate of drug-likeness (QED) is 0.765. The van der Waals surface area contributed by atoms with Gasteiger partial charge in [-0.05, 0) is 43.4 Å². The fraction of sp³-hybridized carbons (Fsp3) is 0.500. The van der Waals surface area contributed by atoms with E-state index < -0.39 is 11.7 Å². The number of alkyl halides is 3. The number of piperidine rings is 1. The van der Waals surface area contributed by atoms with Crippen LogP contribution in [0.15, 0.2) is 29.3 Å². The number of halogens is 3. The predicted molar refractivity (Wildman–Crippen MR) is 90.5 cm³/mol. The first-order valence-electron chi connectivity index (χ1n) is 8.29. The number of thioether (sulfide) groups is 1. The summed E-state index contributed by atoms with van der Waals surface area (Å²) in [5.41, 5.74) is 0.155. The summed E-state index contributed by atoms with van der Waals surface area (Å²) in [4.78, 5) is 14.9. The molecule has 0 bridgehead atoms. The van der Waals surface area contributed by atoms with Gasteiger partial charge >= 0.3 is 6.18 Å². The van der Waals surface area contributed by atoms with E-state index in [4.69, 9.17) is 0 Å². The first-order chi connectivity index (χ1) is 11.4. The zero-order valence-electron chi connectivity index (χ0n) is 13.5. The van der Waals surface area contributed by atoms with Crippen molar-refractivity contribution in [1.29, 1.82) is 0 Å². The number of rotatable bonds is 3. The summed E-state index contributed by atoms with van der Waals surface area (Å²) in [6.45, 7) is 3.68. The minimum Gasteiger partial charge on any atom is -0.366 e. The van der Waals surface area contributed by atoms with Crippen LogP contribution in [0.25, 0.3) is 5.57 Å². The van der Waals surface area contributed by atoms with Gasteiger partial charge in [0.2, 0.25) is 0 Å². The van der Waals surface area contributed by atoms with Crippen molar-refractivity contribution in [2.45, 2.75) is 44.0 Å². The summed E-state index contributed by atoms with van der Waals surface area (Å²) in [7, 11) is 0. The second kappa shape index (κ2) is 6.82. The first kappa shape index (κ1) is 17.4. The Balaban J connectivity index is 2.04. The van der Waals surface area contributed by atoms with Crippen LogP contribution >= 0.6 is 11.8 Å². The van der Waals surface area contributed by atoms with Gasteiger partial charge in [0, 0.05) is 13.1 Å². The molecule has 2 aliphatic heterocycles. The molecule has 0 N–H and O–H groups in total. The normalized spacial score (nSPS) is 22.4. The van der Waals surface area contributed by atoms with Crippen LogP contribution in [0, 0.1) is 0 Å². The van der Waals surface area contributed by atoms with E-state index in [9.17, 15) is 18.0 Å². The third-order valence-electron chi connectivity index (χ3n) is 4.50. The summed E-state index contributed by atoms with van der Waals surface area (Å²) in [6.07, 6.45) is -0.432. The maximum absolute atomic E-state index is 13.0. The molecule has 130 valence electrons. The Labute approximate surface area is 144 Å². The summed E-state index contributed by atoms with van der Waals surface area (Å²) >= 11 is 1.52. The van der Waals surface area contributed by atoms with E-state index in [2.05, 4.69) is 4.90 Å². The molecule has 1 unspecified atom stereocenters. The molecular formula is C18H20F3NOS. The van der Waals surface area contributed by atoms with Crippen LogP contribution in [-0.4, -0.2) is 29.0 Å². The largest absolute Gasteiger partial charge is 0.416 e. The number of hydrogen-bond acceptors (Lipinski definition) is 3. The van der Waals surface area contributed by atoms with Crippen LogP contribution in [0.3, 0.4) is 0 Å². The highest BCUT2D eigenvalue weighted by Gasteiger charge is 2.37. The molecule has 3 rings (SSSR count). The Bertz CT molecular complexity index is 662. The van der Waals surface area contributed by atoms with Crippen LogP contribution in [0.5, 0.6) is 0 Å². The number of carbonyl (C=O) groups is 1. The first-order valence-corrected chi connectivity index (χ1v) is 9.17. The summed E-state index contributed by atoms with van der Waals surface area (Å²) in [6, 6.07) is 5.16. The Hall–Kier alpha value is -1.43. The van der Waals surface area contributed by atoms with E-state index in [1.54, 1.807) is 6.07 Å². The molecule has 0 aliphatic carbocycles. The van der Waals surface area contributed by atoms with E-state index >= 15 is 0 Å². The van der Waals surface area contributed by atoms with E-state index in [-0.39, 0.29) is 11.0 Å². The smallest absolute Gasteiger partial charge is 0.366 e. The van der Waals surface area contributed by atoms with E-state index in [1.807, 2.05) is 6.92 Å². The van der Waals surface area contributed by atoms with Crippen molar-refractivity contribution < 1.29 is 18.0 Å². The molecule has 6 heteroatoms. The second-order valence-electron chi connectivity index (χ2n) is 6.19. The van der Waals surface area contributed by atoms with Gasteiger partial charge in [-0.2, -0.15) is 13.2 Å². The minimum atomic E-state index is -4.40. The molecule has 2 aliphatic rings. The van der Waals surface area contributed by atoms with Gasteiger partial charge in [0.15, 0.2) is 5.78 Å². The number of allylic oxidation sites excluding steroid dienone is 1. The van der Waals surface area contributed by atoms with E-state index in [0.717, 1.165) is 43.1 Å². The van der Waals surface area contributed by atoms with Gasteiger partial charge in [-0.3, -0.25) is 4.79 Å². The van der Waals surface area contributed by atoms with Crippen molar-refractivity contribution in [3.05, 3.63) is 40.4 Å². The molecule has 0 spiro atoms. The highest BCUT2D eigenvalue weighted by Crippen LogP contribution is 2.44. The van der Waals surface area contributed by atoms with Crippen LogP contribution in [0.1, 0.15) is 43.7 Å². The molecule has 24 heavy (non-hydrogen) atoms. The van der Waals surface area contributed by atoms with Gasteiger partial charge in [0.05, 0.1) is 21.4 Å². The highest BCUT2D eigenvalue weighted by molar-refractivity contribution is 8.05. The summed E-state index contributed by atoms with van der Waals surface area (Å²) in [5.74, 6) is -0.0394. The molecule has 2 heterocycles. The zero-order chi connectivity index (χ0) is 17.3. The zero-order valence-corrected chi connectivity index (χ0v) is 14.3. The number of nitrogens with zero attached hydrogens (tertiary/aromatic N) is 1. The lowest BCUT2D eigenvalue weighted by atomic mass is 9.97. The lowest BCUT2D eigenvalue weighted by Crippen LogP contribution is -2.28. The number of ketones is 1. The third kappa shape index (κ3) is 3.34. The van der Waals surface area contributed by atoms with Crippen molar-refractivity contribution in [3.63, 3.8) is 0 Å². The van der Waals surface area contributed by atoms with Crippen LogP contribution in [0.2, 0.25) is 0 Å². The van der Waals surface area contributed by atoms with Crippen molar-refractivity contribution in [3.8, 4) is 0 Å². The lowest BCUT2D eigenvalue weighted by Gasteiger charge is -2.30. The lowest BCUT2D eigenvalue weighted by molar-refractivity contribution is -0.137. The van der Waals surface area contributed by atoms with Crippen molar-refractivity contribution >= 4 is 23.1 Å². The highest BCUT2D eigenvalue weighted by atomic mass is 32.2. The van der Waals surface area contributed by atoms with Gasteiger partial charge in [-0.25, -0.2) is 0 Å². The van der Waals surface area contributed by atoms with Gasteiger partial charge in [0.1, 0.15) is 0 Å². The number of Topliss-reactive ketones (excluding diaryl/α,β-unsaturated/α-hetero) is 1. The Morgan fingerprint density at radius 2 is 1.92 bits per heavy atom. The fourth-order valence-corrected chi connectivity index (χ4v) is 4.56. The van der Waals surface area contributed by atoms with Crippen LogP contribution < -0.4 is 0 Å².